The van der Waals surface area contributed by atoms with E-state index in [1.54, 1.807) is 16.9 Å². The zero-order valence-electron chi connectivity index (χ0n) is 12.7. The van der Waals surface area contributed by atoms with Gasteiger partial charge in [-0.25, -0.2) is 0 Å². The zero-order chi connectivity index (χ0) is 16.4. The number of rotatable bonds is 4. The molecule has 2 heterocycles. The lowest BCUT2D eigenvalue weighted by Gasteiger charge is -2.32. The number of piperidine rings is 1. The molecule has 1 amide bonds. The van der Waals surface area contributed by atoms with E-state index in [4.69, 9.17) is 23.2 Å². The van der Waals surface area contributed by atoms with Gasteiger partial charge in [-0.2, -0.15) is 5.10 Å². The lowest BCUT2D eigenvalue weighted by Crippen LogP contribution is -2.48. The number of aryl methyl sites for hydroxylation is 1. The second-order valence-electron chi connectivity index (χ2n) is 5.73. The van der Waals surface area contributed by atoms with Gasteiger partial charge in [-0.05, 0) is 18.1 Å². The van der Waals surface area contributed by atoms with Crippen molar-refractivity contribution in [3.63, 3.8) is 0 Å². The van der Waals surface area contributed by atoms with Gasteiger partial charge in [-0.3, -0.25) is 9.48 Å². The molecule has 3 rings (SSSR count). The van der Waals surface area contributed by atoms with Gasteiger partial charge in [0.2, 0.25) is 5.91 Å². The maximum absolute atomic E-state index is 11.8. The molecule has 122 valence electrons. The molecule has 0 aliphatic carbocycles. The minimum Gasteiger partial charge on any atom is -0.348 e. The molecular weight excluding hydrogens is 335 g/mol. The predicted octanol–water partition coefficient (Wildman–Crippen LogP) is 2.84. The average Bonchev–Trinajstić information content (AvgIpc) is 2.96. The van der Waals surface area contributed by atoms with Crippen LogP contribution in [0.25, 0.3) is 0 Å². The van der Waals surface area contributed by atoms with Crippen LogP contribution < -0.4 is 10.6 Å². The molecule has 0 radical (unpaired) electrons. The Labute approximate surface area is 145 Å². The summed E-state index contributed by atoms with van der Waals surface area (Å²) in [6, 6.07) is 5.62. The summed E-state index contributed by atoms with van der Waals surface area (Å²) in [4.78, 5) is 11.8. The topological polar surface area (TPSA) is 59.0 Å². The van der Waals surface area contributed by atoms with E-state index in [1.807, 2.05) is 25.4 Å². The Morgan fingerprint density at radius 3 is 3.00 bits per heavy atom. The van der Waals surface area contributed by atoms with Crippen molar-refractivity contribution in [2.24, 2.45) is 7.05 Å². The molecule has 1 aliphatic rings. The summed E-state index contributed by atoms with van der Waals surface area (Å²) in [5.41, 5.74) is 1.94. The van der Waals surface area contributed by atoms with E-state index in [-0.39, 0.29) is 18.0 Å². The highest BCUT2D eigenvalue weighted by molar-refractivity contribution is 6.42. The molecule has 2 aromatic rings. The van der Waals surface area contributed by atoms with Crippen LogP contribution in [0.15, 0.2) is 30.6 Å². The number of carbonyl (C=O) groups is 1. The van der Waals surface area contributed by atoms with Crippen molar-refractivity contribution in [1.82, 2.24) is 20.4 Å². The molecule has 1 saturated heterocycles. The summed E-state index contributed by atoms with van der Waals surface area (Å²) >= 11 is 12.3. The fraction of sp³-hybridized carbons (Fsp3) is 0.375. The third kappa shape index (κ3) is 3.68. The molecule has 0 bridgehead atoms. The van der Waals surface area contributed by atoms with Gasteiger partial charge in [-0.1, -0.05) is 35.3 Å². The monoisotopic (exact) mass is 352 g/mol. The number of amides is 1. The van der Waals surface area contributed by atoms with Crippen molar-refractivity contribution in [1.29, 1.82) is 0 Å². The molecular formula is C16H18Cl2N4O. The van der Waals surface area contributed by atoms with E-state index in [0.29, 0.717) is 23.0 Å². The van der Waals surface area contributed by atoms with Crippen molar-refractivity contribution < 1.29 is 4.79 Å². The Bertz CT molecular complexity index is 716. The summed E-state index contributed by atoms with van der Waals surface area (Å²) in [5, 5.41) is 11.8. The van der Waals surface area contributed by atoms with Crippen LogP contribution in [-0.2, 0) is 18.4 Å². The van der Waals surface area contributed by atoms with Gasteiger partial charge in [-0.15, -0.1) is 0 Å². The van der Waals surface area contributed by atoms with E-state index in [9.17, 15) is 4.79 Å². The van der Waals surface area contributed by atoms with Crippen molar-refractivity contribution in [2.75, 3.05) is 0 Å². The van der Waals surface area contributed by atoms with E-state index >= 15 is 0 Å². The lowest BCUT2D eigenvalue weighted by atomic mass is 9.93. The molecule has 2 N–H and O–H groups in total. The van der Waals surface area contributed by atoms with Crippen LogP contribution in [-0.4, -0.2) is 21.7 Å². The van der Waals surface area contributed by atoms with Gasteiger partial charge >= 0.3 is 0 Å². The number of hydrogen-bond donors (Lipinski definition) is 2. The average molecular weight is 353 g/mol. The van der Waals surface area contributed by atoms with Gasteiger partial charge in [0, 0.05) is 37.8 Å². The quantitative estimate of drug-likeness (QED) is 0.889. The summed E-state index contributed by atoms with van der Waals surface area (Å²) in [6.07, 6.45) is 5.00. The normalized spacial score (nSPS) is 21.3. The second-order valence-corrected chi connectivity index (χ2v) is 6.52. The van der Waals surface area contributed by atoms with Crippen LogP contribution in [0.3, 0.4) is 0 Å². The summed E-state index contributed by atoms with van der Waals surface area (Å²) in [7, 11) is 1.86. The second kappa shape index (κ2) is 6.91. The largest absolute Gasteiger partial charge is 0.348 e. The first-order valence-corrected chi connectivity index (χ1v) is 8.24. The standard InChI is InChI=1S/C16H18Cl2N4O/c1-22-9-11(8-20-22)16-13(5-6-14(23)21-16)19-7-10-3-2-4-12(17)15(10)18/h2-4,8-9,13,16,19H,5-7H2,1H3,(H,21,23)/t13-,16+/m1/s1. The number of nitrogens with zero attached hydrogens (tertiary/aromatic N) is 2. The molecule has 2 atom stereocenters. The number of halogens is 2. The Balaban J connectivity index is 1.74. The fourth-order valence-electron chi connectivity index (χ4n) is 2.86. The molecule has 0 spiro atoms. The fourth-order valence-corrected chi connectivity index (χ4v) is 3.25. The van der Waals surface area contributed by atoms with E-state index in [2.05, 4.69) is 15.7 Å². The van der Waals surface area contributed by atoms with Gasteiger partial charge in [0.15, 0.2) is 0 Å². The molecule has 0 unspecified atom stereocenters. The molecule has 7 heteroatoms. The van der Waals surface area contributed by atoms with Crippen LogP contribution in [0, 0.1) is 0 Å². The highest BCUT2D eigenvalue weighted by Crippen LogP contribution is 2.27. The van der Waals surface area contributed by atoms with Gasteiger partial charge in [0.05, 0.1) is 22.3 Å². The van der Waals surface area contributed by atoms with E-state index < -0.39 is 0 Å². The number of nitrogens with one attached hydrogen (secondary N) is 2. The first-order chi connectivity index (χ1) is 11.0. The third-order valence-electron chi connectivity index (χ3n) is 4.07. The maximum Gasteiger partial charge on any atom is 0.220 e. The lowest BCUT2D eigenvalue weighted by molar-refractivity contribution is -0.123. The molecule has 1 aliphatic heterocycles. The van der Waals surface area contributed by atoms with E-state index in [0.717, 1.165) is 17.5 Å². The van der Waals surface area contributed by atoms with Gasteiger partial charge in [0.1, 0.15) is 0 Å². The minimum absolute atomic E-state index is 0.0673. The number of aromatic nitrogens is 2. The first kappa shape index (κ1) is 16.3. The molecule has 23 heavy (non-hydrogen) atoms. The SMILES string of the molecule is Cn1cc([C@@H]2NC(=O)CC[C@H]2NCc2cccc(Cl)c2Cl)cn1. The molecule has 5 nitrogen and oxygen atoms in total. The van der Waals surface area contributed by atoms with Crippen molar-refractivity contribution in [3.05, 3.63) is 51.8 Å². The Hall–Kier alpha value is -1.56. The smallest absolute Gasteiger partial charge is 0.220 e. The van der Waals surface area contributed by atoms with Crippen LogP contribution in [0.2, 0.25) is 10.0 Å². The zero-order valence-corrected chi connectivity index (χ0v) is 14.2. The van der Waals surface area contributed by atoms with Crippen molar-refractivity contribution >= 4 is 29.1 Å². The van der Waals surface area contributed by atoms with Crippen LogP contribution in [0.4, 0.5) is 0 Å². The molecule has 0 saturated carbocycles. The number of carbonyl (C=O) groups excluding carboxylic acids is 1. The summed E-state index contributed by atoms with van der Waals surface area (Å²) < 4.78 is 1.74. The highest BCUT2D eigenvalue weighted by Gasteiger charge is 2.30. The maximum atomic E-state index is 11.8. The first-order valence-electron chi connectivity index (χ1n) is 7.49. The Morgan fingerprint density at radius 1 is 1.43 bits per heavy atom. The van der Waals surface area contributed by atoms with Crippen LogP contribution in [0.5, 0.6) is 0 Å². The molecule has 1 aromatic carbocycles. The molecule has 1 fully saturated rings. The van der Waals surface area contributed by atoms with Crippen molar-refractivity contribution in [3.8, 4) is 0 Å². The van der Waals surface area contributed by atoms with Gasteiger partial charge < -0.3 is 10.6 Å². The van der Waals surface area contributed by atoms with Crippen LogP contribution >= 0.6 is 23.2 Å². The summed E-state index contributed by atoms with van der Waals surface area (Å²) in [5.74, 6) is 0.0673. The third-order valence-corrected chi connectivity index (χ3v) is 4.93. The number of hydrogen-bond acceptors (Lipinski definition) is 3. The van der Waals surface area contributed by atoms with E-state index in [1.165, 1.54) is 0 Å². The number of benzene rings is 1. The van der Waals surface area contributed by atoms with Gasteiger partial charge in [0.25, 0.3) is 0 Å². The summed E-state index contributed by atoms with van der Waals surface area (Å²) in [6.45, 7) is 0.594. The Kier molecular flexibility index (Phi) is 4.90. The van der Waals surface area contributed by atoms with Crippen molar-refractivity contribution in [2.45, 2.75) is 31.5 Å². The van der Waals surface area contributed by atoms with Crippen LogP contribution in [0.1, 0.15) is 30.0 Å². The molecule has 1 aromatic heterocycles. The Morgan fingerprint density at radius 2 is 2.26 bits per heavy atom. The predicted molar refractivity (Wildman–Crippen MR) is 90.4 cm³/mol. The minimum atomic E-state index is -0.0945. The highest BCUT2D eigenvalue weighted by atomic mass is 35.5.